The van der Waals surface area contributed by atoms with Crippen molar-refractivity contribution in [3.8, 4) is 0 Å². The summed E-state index contributed by atoms with van der Waals surface area (Å²) in [6.07, 6.45) is -23.1. The molecular formula is C30H35F13O9. The van der Waals surface area contributed by atoms with Crippen molar-refractivity contribution in [3.63, 3.8) is 0 Å². The molecular weight excluding hydrogens is 751 g/mol. The van der Waals surface area contributed by atoms with Crippen LogP contribution in [0, 0.1) is 0 Å². The van der Waals surface area contributed by atoms with E-state index < -0.39 is 130 Å². The van der Waals surface area contributed by atoms with Crippen LogP contribution in [0.15, 0.2) is 36.5 Å². The zero-order valence-electron chi connectivity index (χ0n) is 27.8. The van der Waals surface area contributed by atoms with Crippen LogP contribution >= 0.6 is 0 Å². The molecule has 0 N–H and O–H groups in total. The van der Waals surface area contributed by atoms with Crippen LogP contribution in [-0.4, -0.2) is 105 Å². The van der Waals surface area contributed by atoms with Crippen molar-refractivity contribution in [3.05, 3.63) is 36.5 Å². The van der Waals surface area contributed by atoms with Crippen LogP contribution in [0.25, 0.3) is 0 Å². The Morgan fingerprint density at radius 2 is 0.769 bits per heavy atom. The molecule has 0 aliphatic heterocycles. The molecule has 1 aliphatic carbocycles. The number of hydrogen-bond donors (Lipinski definition) is 0. The maximum Gasteiger partial charge on any atom is 0.359 e. The Labute approximate surface area is 288 Å². The van der Waals surface area contributed by atoms with E-state index in [1.54, 1.807) is 0 Å². The van der Waals surface area contributed by atoms with Crippen LogP contribution in [0.2, 0.25) is 0 Å². The third kappa shape index (κ3) is 11.3. The topological polar surface area (TPSA) is 107 Å². The Morgan fingerprint density at radius 3 is 1.02 bits per heavy atom. The van der Waals surface area contributed by atoms with Crippen molar-refractivity contribution in [2.45, 2.75) is 93.6 Å². The molecule has 52 heavy (non-hydrogen) atoms. The minimum atomic E-state index is -6.50. The Hall–Kier alpha value is -3.40. The van der Waals surface area contributed by atoms with E-state index >= 15 is 30.7 Å². The van der Waals surface area contributed by atoms with E-state index in [-0.39, 0.29) is 16.7 Å². The lowest BCUT2D eigenvalue weighted by molar-refractivity contribution is -0.405. The minimum Gasteiger partial charge on any atom is -0.462 e. The van der Waals surface area contributed by atoms with Gasteiger partial charge in [-0.3, -0.25) is 0 Å². The fraction of sp³-hybridized carbons (Fsp3) is 0.700. The number of ether oxygens (including phenoxy) is 6. The van der Waals surface area contributed by atoms with E-state index in [0.717, 1.165) is 20.8 Å². The van der Waals surface area contributed by atoms with Crippen molar-refractivity contribution in [2.75, 3.05) is 39.6 Å². The highest BCUT2D eigenvalue weighted by atomic mass is 19.3. The molecule has 22 heteroatoms. The predicted octanol–water partition coefficient (Wildman–Crippen LogP) is 7.14. The first-order valence-corrected chi connectivity index (χ1v) is 14.7. The average molecular weight is 787 g/mol. The van der Waals surface area contributed by atoms with Gasteiger partial charge in [-0.1, -0.05) is 19.7 Å². The highest BCUT2D eigenvalue weighted by Crippen LogP contribution is 2.64. The lowest BCUT2D eigenvalue weighted by Crippen LogP contribution is -2.80. The lowest BCUT2D eigenvalue weighted by atomic mass is 9.65. The van der Waals surface area contributed by atoms with Crippen LogP contribution in [0.3, 0.4) is 0 Å². The predicted molar refractivity (Wildman–Crippen MR) is 150 cm³/mol. The van der Waals surface area contributed by atoms with Gasteiger partial charge in [0.05, 0.1) is 58.9 Å². The Balaban J connectivity index is 3.49. The maximum atomic E-state index is 16.0. The third-order valence-corrected chi connectivity index (χ3v) is 7.11. The third-order valence-electron chi connectivity index (χ3n) is 7.11. The van der Waals surface area contributed by atoms with Crippen molar-refractivity contribution < 1.29 is 99.9 Å². The summed E-state index contributed by atoms with van der Waals surface area (Å²) in [5.41, 5.74) is -18.0. The van der Waals surface area contributed by atoms with Gasteiger partial charge in [-0.15, -0.1) is 0 Å². The number of alkyl halides is 13. The van der Waals surface area contributed by atoms with E-state index in [1.807, 2.05) is 0 Å². The second-order valence-corrected chi connectivity index (χ2v) is 11.8. The molecule has 1 fully saturated rings. The molecule has 0 aromatic rings. The van der Waals surface area contributed by atoms with Gasteiger partial charge in [0.15, 0.2) is 0 Å². The Kier molecular flexibility index (Phi) is 15.0. The first-order chi connectivity index (χ1) is 23.3. The number of hydrogen-bond acceptors (Lipinski definition) is 9. The standard InChI is InChI=1S/C30H35F13O9/c1-17(2)20(44)47-10-7-26(34,35)50-14-23(31)13-24(32,15-51-27(36,37)8-11-48-21(45)18(3)4)30(42,43)25(33,29(23,40)41)16-52-28(38,39)9-12-49-22(46)19(5)6/h1,3,5,7-16H2,2,4,6H3. The summed E-state index contributed by atoms with van der Waals surface area (Å²) in [7, 11) is 0. The quantitative estimate of drug-likeness (QED) is 0.0520. The van der Waals surface area contributed by atoms with Gasteiger partial charge in [-0.25, -0.2) is 27.6 Å². The molecule has 0 amide bonds. The van der Waals surface area contributed by atoms with Gasteiger partial charge in [0.25, 0.3) is 5.67 Å². The zero-order chi connectivity index (χ0) is 40.8. The van der Waals surface area contributed by atoms with Crippen molar-refractivity contribution in [1.29, 1.82) is 0 Å². The zero-order valence-corrected chi connectivity index (χ0v) is 27.8. The first kappa shape index (κ1) is 46.6. The molecule has 0 aromatic carbocycles. The van der Waals surface area contributed by atoms with Gasteiger partial charge < -0.3 is 28.4 Å². The fourth-order valence-corrected chi connectivity index (χ4v) is 4.06. The average Bonchev–Trinajstić information content (AvgIpc) is 3.00. The Bertz CT molecular complexity index is 1280. The second kappa shape index (κ2) is 16.7. The monoisotopic (exact) mass is 786 g/mol. The first-order valence-electron chi connectivity index (χ1n) is 14.7. The molecule has 0 saturated heterocycles. The van der Waals surface area contributed by atoms with Gasteiger partial charge >= 0.3 is 48.1 Å². The summed E-state index contributed by atoms with van der Waals surface area (Å²) >= 11 is 0. The molecule has 0 aromatic heterocycles. The van der Waals surface area contributed by atoms with E-state index in [9.17, 15) is 40.7 Å². The number of rotatable bonds is 21. The van der Waals surface area contributed by atoms with Crippen LogP contribution in [0.4, 0.5) is 57.1 Å². The summed E-state index contributed by atoms with van der Waals surface area (Å²) in [4.78, 5) is 34.1. The van der Waals surface area contributed by atoms with Gasteiger partial charge in [0.1, 0.15) is 0 Å². The Morgan fingerprint density at radius 1 is 0.519 bits per heavy atom. The molecule has 1 rings (SSSR count). The number of halogens is 13. The van der Waals surface area contributed by atoms with Crippen LogP contribution in [0.1, 0.15) is 46.5 Å². The molecule has 1 aliphatic rings. The summed E-state index contributed by atoms with van der Waals surface area (Å²) in [5.74, 6) is -16.7. The normalized spacial score (nSPS) is 24.5. The summed E-state index contributed by atoms with van der Waals surface area (Å²) in [5, 5.41) is 0. The van der Waals surface area contributed by atoms with Crippen molar-refractivity contribution in [1.82, 2.24) is 0 Å². The summed E-state index contributed by atoms with van der Waals surface area (Å²) in [6, 6.07) is 0. The van der Waals surface area contributed by atoms with Gasteiger partial charge in [0.2, 0.25) is 11.3 Å². The van der Waals surface area contributed by atoms with Crippen molar-refractivity contribution in [2.24, 2.45) is 0 Å². The van der Waals surface area contributed by atoms with Crippen LogP contribution in [0.5, 0.6) is 0 Å². The second-order valence-electron chi connectivity index (χ2n) is 11.8. The molecule has 0 heterocycles. The van der Waals surface area contributed by atoms with Crippen LogP contribution < -0.4 is 0 Å². The molecule has 9 nitrogen and oxygen atoms in total. The van der Waals surface area contributed by atoms with Crippen molar-refractivity contribution >= 4 is 17.9 Å². The molecule has 2 unspecified atom stereocenters. The number of carbonyl (C=O) groups excluding carboxylic acids is 3. The van der Waals surface area contributed by atoms with E-state index in [4.69, 9.17) is 0 Å². The SMILES string of the molecule is C=C(C)C(=O)OCCC(F)(F)OCC1(F)CC(F)(COC(F)(F)CCOC(=O)C(=C)C)C(F)(F)C(F)(COC(F)(F)CCOC(=O)C(=C)C)C1(F)F. The fourth-order valence-electron chi connectivity index (χ4n) is 4.06. The highest BCUT2D eigenvalue weighted by molar-refractivity contribution is 5.87. The van der Waals surface area contributed by atoms with E-state index in [2.05, 4.69) is 48.2 Å². The lowest BCUT2D eigenvalue weighted by Gasteiger charge is -2.54. The molecule has 1 saturated carbocycles. The summed E-state index contributed by atoms with van der Waals surface area (Å²) in [6.45, 7) is -0.353. The maximum absolute atomic E-state index is 16.0. The largest absolute Gasteiger partial charge is 0.462 e. The van der Waals surface area contributed by atoms with Gasteiger partial charge in [-0.05, 0) is 20.8 Å². The minimum absolute atomic E-state index is 0.297. The molecule has 0 bridgehead atoms. The van der Waals surface area contributed by atoms with E-state index in [1.165, 1.54) is 0 Å². The highest BCUT2D eigenvalue weighted by Gasteiger charge is 2.88. The van der Waals surface area contributed by atoms with Gasteiger partial charge in [0, 0.05) is 23.1 Å². The molecule has 0 spiro atoms. The molecule has 0 radical (unpaired) electrons. The van der Waals surface area contributed by atoms with E-state index in [0.29, 0.717) is 0 Å². The molecule has 2 atom stereocenters. The smallest absolute Gasteiger partial charge is 0.359 e. The summed E-state index contributed by atoms with van der Waals surface area (Å²) < 4.78 is 220. The molecule has 300 valence electrons. The van der Waals surface area contributed by atoms with Gasteiger partial charge in [-0.2, -0.15) is 43.9 Å². The number of carbonyl (C=O) groups is 3. The number of esters is 3. The van der Waals surface area contributed by atoms with Crippen LogP contribution in [-0.2, 0) is 42.8 Å².